The zero-order valence-corrected chi connectivity index (χ0v) is 7.38. The van der Waals surface area contributed by atoms with Gasteiger partial charge in [-0.1, -0.05) is 0 Å². The number of nitrogens with zero attached hydrogens (tertiary/aromatic N) is 1. The summed E-state index contributed by atoms with van der Waals surface area (Å²) in [7, 11) is 0. The maximum atomic E-state index is 11.6. The van der Waals surface area contributed by atoms with E-state index < -0.39 is 0 Å². The SMILES string of the molecule is O=C1CN(C(=O)C2CNC2)CCN1. The van der Waals surface area contributed by atoms with Gasteiger partial charge in [0, 0.05) is 26.2 Å². The molecule has 0 aromatic heterocycles. The molecule has 5 nitrogen and oxygen atoms in total. The van der Waals surface area contributed by atoms with E-state index in [0.29, 0.717) is 13.1 Å². The molecular weight excluding hydrogens is 170 g/mol. The van der Waals surface area contributed by atoms with E-state index in [2.05, 4.69) is 10.6 Å². The average molecular weight is 183 g/mol. The van der Waals surface area contributed by atoms with Crippen LogP contribution >= 0.6 is 0 Å². The largest absolute Gasteiger partial charge is 0.353 e. The second-order valence-electron chi connectivity index (χ2n) is 3.46. The molecule has 0 unspecified atom stereocenters. The predicted molar refractivity (Wildman–Crippen MR) is 45.9 cm³/mol. The summed E-state index contributed by atoms with van der Waals surface area (Å²) in [6, 6.07) is 0. The summed E-state index contributed by atoms with van der Waals surface area (Å²) >= 11 is 0. The van der Waals surface area contributed by atoms with E-state index in [4.69, 9.17) is 0 Å². The zero-order chi connectivity index (χ0) is 9.26. The lowest BCUT2D eigenvalue weighted by Crippen LogP contribution is -2.57. The van der Waals surface area contributed by atoms with Crippen molar-refractivity contribution in [3.05, 3.63) is 0 Å². The molecule has 0 bridgehead atoms. The van der Waals surface area contributed by atoms with Crippen LogP contribution in [-0.4, -0.2) is 49.4 Å². The van der Waals surface area contributed by atoms with Crippen molar-refractivity contribution in [2.24, 2.45) is 5.92 Å². The third-order valence-electron chi connectivity index (χ3n) is 2.48. The molecule has 0 aromatic carbocycles. The molecule has 5 heteroatoms. The molecule has 2 fully saturated rings. The molecular formula is C8H13N3O2. The molecule has 13 heavy (non-hydrogen) atoms. The van der Waals surface area contributed by atoms with E-state index in [1.54, 1.807) is 4.90 Å². The van der Waals surface area contributed by atoms with Gasteiger partial charge in [-0.15, -0.1) is 0 Å². The van der Waals surface area contributed by atoms with E-state index >= 15 is 0 Å². The quantitative estimate of drug-likeness (QED) is 0.502. The van der Waals surface area contributed by atoms with Crippen molar-refractivity contribution in [3.8, 4) is 0 Å². The molecule has 0 atom stereocenters. The fourth-order valence-electron chi connectivity index (χ4n) is 1.55. The number of piperazine rings is 1. The van der Waals surface area contributed by atoms with E-state index in [1.165, 1.54) is 0 Å². The van der Waals surface area contributed by atoms with Crippen LogP contribution in [0.5, 0.6) is 0 Å². The van der Waals surface area contributed by atoms with Crippen molar-refractivity contribution >= 4 is 11.8 Å². The van der Waals surface area contributed by atoms with Crippen LogP contribution < -0.4 is 10.6 Å². The van der Waals surface area contributed by atoms with Gasteiger partial charge in [-0.3, -0.25) is 9.59 Å². The topological polar surface area (TPSA) is 61.4 Å². The summed E-state index contributed by atoms with van der Waals surface area (Å²) in [5, 5.41) is 5.74. The minimum atomic E-state index is -0.0492. The number of carbonyl (C=O) groups excluding carboxylic acids is 2. The zero-order valence-electron chi connectivity index (χ0n) is 7.38. The molecule has 0 saturated carbocycles. The number of hydrogen-bond donors (Lipinski definition) is 2. The summed E-state index contributed by atoms with van der Waals surface area (Å²) in [4.78, 5) is 24.3. The Hall–Kier alpha value is -1.10. The van der Waals surface area contributed by atoms with Crippen molar-refractivity contribution in [2.75, 3.05) is 32.7 Å². The second-order valence-corrected chi connectivity index (χ2v) is 3.46. The molecule has 2 amide bonds. The first-order chi connectivity index (χ1) is 6.27. The van der Waals surface area contributed by atoms with Gasteiger partial charge in [-0.25, -0.2) is 0 Å². The number of carbonyl (C=O) groups is 2. The Kier molecular flexibility index (Phi) is 2.18. The summed E-state index contributed by atoms with van der Waals surface area (Å²) < 4.78 is 0. The number of rotatable bonds is 1. The Bertz CT molecular complexity index is 238. The fraction of sp³-hybridized carbons (Fsp3) is 0.750. The maximum absolute atomic E-state index is 11.6. The Labute approximate surface area is 76.5 Å². The van der Waals surface area contributed by atoms with Crippen LogP contribution in [0.3, 0.4) is 0 Å². The van der Waals surface area contributed by atoms with Crippen LogP contribution in [-0.2, 0) is 9.59 Å². The first-order valence-electron chi connectivity index (χ1n) is 4.53. The summed E-state index contributed by atoms with van der Waals surface area (Å²) in [5.74, 6) is 0.173. The smallest absolute Gasteiger partial charge is 0.239 e. The van der Waals surface area contributed by atoms with Gasteiger partial charge in [0.1, 0.15) is 0 Å². The lowest BCUT2D eigenvalue weighted by Gasteiger charge is -2.34. The maximum Gasteiger partial charge on any atom is 0.239 e. The van der Waals surface area contributed by atoms with Gasteiger partial charge in [-0.2, -0.15) is 0 Å². The van der Waals surface area contributed by atoms with Gasteiger partial charge in [0.15, 0.2) is 0 Å². The highest BCUT2D eigenvalue weighted by Gasteiger charge is 2.31. The molecule has 0 spiro atoms. The summed E-state index contributed by atoms with van der Waals surface area (Å²) in [6.45, 7) is 3.00. The third-order valence-corrected chi connectivity index (χ3v) is 2.48. The highest BCUT2D eigenvalue weighted by atomic mass is 16.2. The van der Waals surface area contributed by atoms with Crippen LogP contribution in [0.15, 0.2) is 0 Å². The molecule has 2 heterocycles. The minimum Gasteiger partial charge on any atom is -0.353 e. The van der Waals surface area contributed by atoms with Crippen molar-refractivity contribution in [2.45, 2.75) is 0 Å². The molecule has 72 valence electrons. The molecule has 2 aliphatic heterocycles. The van der Waals surface area contributed by atoms with Gasteiger partial charge >= 0.3 is 0 Å². The lowest BCUT2D eigenvalue weighted by molar-refractivity contribution is -0.142. The Morgan fingerprint density at radius 3 is 2.77 bits per heavy atom. The minimum absolute atomic E-state index is 0.0492. The van der Waals surface area contributed by atoms with Crippen LogP contribution in [0.2, 0.25) is 0 Å². The van der Waals surface area contributed by atoms with Crippen molar-refractivity contribution in [1.82, 2.24) is 15.5 Å². The van der Waals surface area contributed by atoms with E-state index in [-0.39, 0.29) is 24.3 Å². The number of nitrogens with one attached hydrogen (secondary N) is 2. The Balaban J connectivity index is 1.91. The second kappa shape index (κ2) is 3.33. The molecule has 2 rings (SSSR count). The molecule has 0 aromatic rings. The van der Waals surface area contributed by atoms with Crippen molar-refractivity contribution < 1.29 is 9.59 Å². The van der Waals surface area contributed by atoms with E-state index in [9.17, 15) is 9.59 Å². The normalized spacial score (nSPS) is 23.7. The van der Waals surface area contributed by atoms with Gasteiger partial charge in [-0.05, 0) is 0 Å². The highest BCUT2D eigenvalue weighted by Crippen LogP contribution is 2.08. The van der Waals surface area contributed by atoms with Gasteiger partial charge in [0.05, 0.1) is 12.5 Å². The number of amides is 2. The average Bonchev–Trinajstić information content (AvgIpc) is 2.01. The highest BCUT2D eigenvalue weighted by molar-refractivity contribution is 5.87. The van der Waals surface area contributed by atoms with Crippen LogP contribution in [0.4, 0.5) is 0 Å². The molecule has 2 saturated heterocycles. The van der Waals surface area contributed by atoms with Crippen LogP contribution in [0.25, 0.3) is 0 Å². The Morgan fingerprint density at radius 1 is 1.46 bits per heavy atom. The van der Waals surface area contributed by atoms with Gasteiger partial charge < -0.3 is 15.5 Å². The molecule has 0 radical (unpaired) electrons. The molecule has 2 aliphatic rings. The Morgan fingerprint density at radius 2 is 2.23 bits per heavy atom. The summed E-state index contributed by atoms with van der Waals surface area (Å²) in [6.07, 6.45) is 0. The van der Waals surface area contributed by atoms with Crippen LogP contribution in [0, 0.1) is 5.92 Å². The first-order valence-corrected chi connectivity index (χ1v) is 4.53. The third kappa shape index (κ3) is 1.65. The number of hydrogen-bond acceptors (Lipinski definition) is 3. The van der Waals surface area contributed by atoms with E-state index in [0.717, 1.165) is 13.1 Å². The standard InChI is InChI=1S/C8H13N3O2/c12-7-5-11(2-1-10-7)8(13)6-3-9-4-6/h6,9H,1-5H2,(H,10,12). The van der Waals surface area contributed by atoms with Crippen molar-refractivity contribution in [1.29, 1.82) is 0 Å². The summed E-state index contributed by atoms with van der Waals surface area (Å²) in [5.41, 5.74) is 0. The predicted octanol–water partition coefficient (Wildman–Crippen LogP) is -1.84. The van der Waals surface area contributed by atoms with Crippen LogP contribution in [0.1, 0.15) is 0 Å². The monoisotopic (exact) mass is 183 g/mol. The lowest BCUT2D eigenvalue weighted by atomic mass is 10.0. The van der Waals surface area contributed by atoms with Crippen molar-refractivity contribution in [3.63, 3.8) is 0 Å². The molecule has 0 aliphatic carbocycles. The van der Waals surface area contributed by atoms with E-state index in [1.807, 2.05) is 0 Å². The van der Waals surface area contributed by atoms with Gasteiger partial charge in [0.25, 0.3) is 0 Å². The van der Waals surface area contributed by atoms with Gasteiger partial charge in [0.2, 0.25) is 11.8 Å². The first kappa shape index (κ1) is 8.50. The molecule has 2 N–H and O–H groups in total. The fourth-order valence-corrected chi connectivity index (χ4v) is 1.55.